The van der Waals surface area contributed by atoms with E-state index in [1.54, 1.807) is 18.3 Å². The summed E-state index contributed by atoms with van der Waals surface area (Å²) in [5.74, 6) is -0.263. The SMILES string of the molecule is CS(=O)(=O)C(CC(=O)NCCc1ccccc1)c1ccc[nH]1. The van der Waals surface area contributed by atoms with E-state index < -0.39 is 15.1 Å². The highest BCUT2D eigenvalue weighted by Gasteiger charge is 2.26. The Kier molecular flexibility index (Phi) is 5.38. The molecule has 0 aliphatic rings. The Hall–Kier alpha value is -2.08. The quantitative estimate of drug-likeness (QED) is 0.817. The van der Waals surface area contributed by atoms with Crippen LogP contribution in [0.25, 0.3) is 0 Å². The minimum atomic E-state index is -3.35. The predicted molar refractivity (Wildman–Crippen MR) is 86.2 cm³/mol. The molecule has 0 bridgehead atoms. The van der Waals surface area contributed by atoms with Crippen molar-refractivity contribution in [2.75, 3.05) is 12.8 Å². The van der Waals surface area contributed by atoms with E-state index in [9.17, 15) is 13.2 Å². The molecule has 1 heterocycles. The van der Waals surface area contributed by atoms with Crippen LogP contribution < -0.4 is 5.32 Å². The lowest BCUT2D eigenvalue weighted by atomic mass is 10.1. The first-order valence-corrected chi connectivity index (χ1v) is 9.05. The minimum absolute atomic E-state index is 0.0753. The van der Waals surface area contributed by atoms with E-state index in [0.29, 0.717) is 12.2 Å². The molecular formula is C16H20N2O3S. The third kappa shape index (κ3) is 4.73. The van der Waals surface area contributed by atoms with Crippen LogP contribution in [0.3, 0.4) is 0 Å². The van der Waals surface area contributed by atoms with Gasteiger partial charge in [0.1, 0.15) is 5.25 Å². The highest BCUT2D eigenvalue weighted by Crippen LogP contribution is 2.23. The number of nitrogens with one attached hydrogen (secondary N) is 2. The molecule has 0 saturated carbocycles. The molecule has 1 aromatic carbocycles. The van der Waals surface area contributed by atoms with Crippen molar-refractivity contribution in [1.82, 2.24) is 10.3 Å². The van der Waals surface area contributed by atoms with Gasteiger partial charge in [-0.1, -0.05) is 30.3 Å². The monoisotopic (exact) mass is 320 g/mol. The number of hydrogen-bond acceptors (Lipinski definition) is 3. The summed E-state index contributed by atoms with van der Waals surface area (Å²) in [6, 6.07) is 13.2. The van der Waals surface area contributed by atoms with Crippen LogP contribution in [0.15, 0.2) is 48.7 Å². The fraction of sp³-hybridized carbons (Fsp3) is 0.312. The van der Waals surface area contributed by atoms with Gasteiger partial charge in [-0.25, -0.2) is 8.42 Å². The first-order chi connectivity index (χ1) is 10.5. The molecule has 0 spiro atoms. The van der Waals surface area contributed by atoms with Crippen molar-refractivity contribution in [3.05, 3.63) is 59.9 Å². The fourth-order valence-electron chi connectivity index (χ4n) is 2.27. The summed E-state index contributed by atoms with van der Waals surface area (Å²) in [6.45, 7) is 0.490. The number of H-pyrrole nitrogens is 1. The second kappa shape index (κ2) is 7.26. The Balaban J connectivity index is 1.89. The van der Waals surface area contributed by atoms with Gasteiger partial charge in [-0.2, -0.15) is 0 Å². The maximum absolute atomic E-state index is 12.0. The number of amides is 1. The number of carbonyl (C=O) groups is 1. The lowest BCUT2D eigenvalue weighted by Crippen LogP contribution is -2.29. The van der Waals surface area contributed by atoms with Crippen molar-refractivity contribution in [2.45, 2.75) is 18.1 Å². The average molecular weight is 320 g/mol. The van der Waals surface area contributed by atoms with Gasteiger partial charge in [-0.3, -0.25) is 4.79 Å². The number of carbonyl (C=O) groups excluding carboxylic acids is 1. The topological polar surface area (TPSA) is 79.0 Å². The van der Waals surface area contributed by atoms with E-state index in [1.807, 2.05) is 30.3 Å². The molecule has 22 heavy (non-hydrogen) atoms. The zero-order chi connectivity index (χ0) is 16.0. The normalized spacial score (nSPS) is 12.8. The molecule has 118 valence electrons. The maximum atomic E-state index is 12.0. The number of rotatable bonds is 7. The summed E-state index contributed by atoms with van der Waals surface area (Å²) >= 11 is 0. The van der Waals surface area contributed by atoms with Gasteiger partial charge in [-0.15, -0.1) is 0 Å². The summed E-state index contributed by atoms with van der Waals surface area (Å²) in [4.78, 5) is 14.9. The molecular weight excluding hydrogens is 300 g/mol. The molecule has 1 amide bonds. The van der Waals surface area contributed by atoms with E-state index >= 15 is 0 Å². The average Bonchev–Trinajstić information content (AvgIpc) is 2.98. The van der Waals surface area contributed by atoms with Gasteiger partial charge in [0.25, 0.3) is 0 Å². The molecule has 2 aromatic rings. The van der Waals surface area contributed by atoms with Crippen LogP contribution in [0, 0.1) is 0 Å². The molecule has 2 N–H and O–H groups in total. The van der Waals surface area contributed by atoms with E-state index in [1.165, 1.54) is 0 Å². The lowest BCUT2D eigenvalue weighted by molar-refractivity contribution is -0.121. The zero-order valence-corrected chi connectivity index (χ0v) is 13.3. The standard InChI is InChI=1S/C16H20N2O3S/c1-22(20,21)15(14-8-5-10-17-14)12-16(19)18-11-9-13-6-3-2-4-7-13/h2-8,10,15,17H,9,11-12H2,1H3,(H,18,19). The molecule has 6 heteroatoms. The van der Waals surface area contributed by atoms with Gasteiger partial charge in [0, 0.05) is 31.1 Å². The van der Waals surface area contributed by atoms with E-state index in [4.69, 9.17) is 0 Å². The maximum Gasteiger partial charge on any atom is 0.221 e. The fourth-order valence-corrected chi connectivity index (χ4v) is 3.33. The van der Waals surface area contributed by atoms with Crippen molar-refractivity contribution >= 4 is 15.7 Å². The van der Waals surface area contributed by atoms with Gasteiger partial charge < -0.3 is 10.3 Å². The van der Waals surface area contributed by atoms with Crippen LogP contribution in [0.2, 0.25) is 0 Å². The molecule has 0 saturated heterocycles. The Bertz CT molecular complexity index is 694. The van der Waals surface area contributed by atoms with Crippen LogP contribution in [0.4, 0.5) is 0 Å². The molecule has 0 fully saturated rings. The molecule has 0 aliphatic heterocycles. The minimum Gasteiger partial charge on any atom is -0.364 e. The van der Waals surface area contributed by atoms with E-state index in [-0.39, 0.29) is 12.3 Å². The van der Waals surface area contributed by atoms with Crippen LogP contribution >= 0.6 is 0 Å². The van der Waals surface area contributed by atoms with Crippen molar-refractivity contribution in [3.8, 4) is 0 Å². The van der Waals surface area contributed by atoms with E-state index in [2.05, 4.69) is 10.3 Å². The van der Waals surface area contributed by atoms with Gasteiger partial charge in [0.2, 0.25) is 5.91 Å². The molecule has 0 radical (unpaired) electrons. The van der Waals surface area contributed by atoms with Gasteiger partial charge >= 0.3 is 0 Å². The Morgan fingerprint density at radius 3 is 2.50 bits per heavy atom. The summed E-state index contributed by atoms with van der Waals surface area (Å²) in [5, 5.41) is 1.94. The number of sulfone groups is 1. The highest BCUT2D eigenvalue weighted by molar-refractivity contribution is 7.90. The van der Waals surface area contributed by atoms with Crippen LogP contribution in [0.5, 0.6) is 0 Å². The van der Waals surface area contributed by atoms with Crippen LogP contribution in [-0.2, 0) is 21.1 Å². The Morgan fingerprint density at radius 1 is 1.18 bits per heavy atom. The smallest absolute Gasteiger partial charge is 0.221 e. The third-order valence-corrected chi connectivity index (χ3v) is 4.89. The number of aromatic nitrogens is 1. The number of aromatic amines is 1. The van der Waals surface area contributed by atoms with Crippen molar-refractivity contribution < 1.29 is 13.2 Å². The highest BCUT2D eigenvalue weighted by atomic mass is 32.2. The largest absolute Gasteiger partial charge is 0.364 e. The number of hydrogen-bond donors (Lipinski definition) is 2. The summed E-state index contributed by atoms with van der Waals surface area (Å²) in [7, 11) is -3.35. The zero-order valence-electron chi connectivity index (χ0n) is 12.5. The second-order valence-corrected chi connectivity index (χ2v) is 7.46. The molecule has 0 aliphatic carbocycles. The van der Waals surface area contributed by atoms with Crippen molar-refractivity contribution in [1.29, 1.82) is 0 Å². The summed E-state index contributed by atoms with van der Waals surface area (Å²) < 4.78 is 23.7. The first kappa shape index (κ1) is 16.3. The predicted octanol–water partition coefficient (Wildman–Crippen LogP) is 1.85. The number of benzene rings is 1. The van der Waals surface area contributed by atoms with Crippen molar-refractivity contribution in [2.24, 2.45) is 0 Å². The summed E-state index contributed by atoms with van der Waals surface area (Å²) in [5.41, 5.74) is 1.67. The van der Waals surface area contributed by atoms with Gasteiger partial charge in [0.15, 0.2) is 9.84 Å². The molecule has 1 aromatic heterocycles. The molecule has 2 rings (SSSR count). The van der Waals surface area contributed by atoms with Crippen LogP contribution in [-0.4, -0.2) is 32.1 Å². The lowest BCUT2D eigenvalue weighted by Gasteiger charge is -2.14. The molecule has 1 unspecified atom stereocenters. The Morgan fingerprint density at radius 2 is 1.91 bits per heavy atom. The Labute approximate surface area is 130 Å². The van der Waals surface area contributed by atoms with Crippen molar-refractivity contribution in [3.63, 3.8) is 0 Å². The van der Waals surface area contributed by atoms with E-state index in [0.717, 1.165) is 18.2 Å². The summed E-state index contributed by atoms with van der Waals surface area (Å²) in [6.07, 6.45) is 3.45. The molecule has 1 atom stereocenters. The van der Waals surface area contributed by atoms with Crippen LogP contribution in [0.1, 0.15) is 22.9 Å². The molecule has 5 nitrogen and oxygen atoms in total. The third-order valence-electron chi connectivity index (χ3n) is 3.44. The first-order valence-electron chi connectivity index (χ1n) is 7.09. The second-order valence-electron chi connectivity index (χ2n) is 5.23. The van der Waals surface area contributed by atoms with Gasteiger partial charge in [-0.05, 0) is 24.1 Å². The van der Waals surface area contributed by atoms with Gasteiger partial charge in [0.05, 0.1) is 0 Å².